The molecule has 1 amide bonds. The monoisotopic (exact) mass is 325 g/mol. The van der Waals surface area contributed by atoms with Gasteiger partial charge in [-0.3, -0.25) is 4.90 Å². The highest BCUT2D eigenvalue weighted by Crippen LogP contribution is 2.36. The maximum absolute atomic E-state index is 11.6. The summed E-state index contributed by atoms with van der Waals surface area (Å²) in [6.45, 7) is 5.29. The van der Waals surface area contributed by atoms with E-state index in [4.69, 9.17) is 11.6 Å². The van der Waals surface area contributed by atoms with Gasteiger partial charge in [0.25, 0.3) is 0 Å². The summed E-state index contributed by atoms with van der Waals surface area (Å²) in [5.74, 6) is 0. The van der Waals surface area contributed by atoms with Gasteiger partial charge in [0.2, 0.25) is 0 Å². The second-order valence-electron chi connectivity index (χ2n) is 5.74. The van der Waals surface area contributed by atoms with E-state index in [1.807, 2.05) is 11.4 Å². The van der Waals surface area contributed by atoms with Crippen LogP contribution in [0, 0.1) is 0 Å². The van der Waals surface area contributed by atoms with E-state index in [-0.39, 0.29) is 0 Å². The van der Waals surface area contributed by atoms with Crippen molar-refractivity contribution < 1.29 is 14.7 Å². The Hall–Kier alpha value is -1.59. The van der Waals surface area contributed by atoms with Gasteiger partial charge < -0.3 is 9.90 Å². The molecule has 4 nitrogen and oxygen atoms in total. The van der Waals surface area contributed by atoms with Crippen LogP contribution in [0.3, 0.4) is 0 Å². The molecule has 1 aromatic heterocycles. The number of aldehydes is 1. The van der Waals surface area contributed by atoms with Crippen molar-refractivity contribution in [1.29, 1.82) is 0 Å². The zero-order valence-corrected chi connectivity index (χ0v) is 13.5. The summed E-state index contributed by atoms with van der Waals surface area (Å²) in [6, 6.07) is 4.56. The summed E-state index contributed by atoms with van der Waals surface area (Å²) >= 11 is 7.48. The molecule has 0 saturated heterocycles. The van der Waals surface area contributed by atoms with E-state index in [9.17, 15) is 14.7 Å². The molecule has 21 heavy (non-hydrogen) atoms. The standard InChI is InChI=1S/C15H16ClNO3S/c1-15(2,3)17(14(19)20)12(7-18)11-8-21-13-5-4-9(16)6-10(11)13/h4-8,12H,1-3H3,(H,19,20). The number of carboxylic acid groups (broad SMARTS) is 1. The molecule has 1 N–H and O–H groups in total. The average Bonchev–Trinajstić information content (AvgIpc) is 2.76. The SMILES string of the molecule is CC(C)(C)N(C(=O)O)C(C=O)c1csc2ccc(Cl)cc12. The van der Waals surface area contributed by atoms with E-state index in [1.165, 1.54) is 16.2 Å². The van der Waals surface area contributed by atoms with Crippen molar-refractivity contribution in [2.24, 2.45) is 0 Å². The van der Waals surface area contributed by atoms with Gasteiger partial charge in [0, 0.05) is 20.8 Å². The van der Waals surface area contributed by atoms with Gasteiger partial charge in [-0.1, -0.05) is 11.6 Å². The lowest BCUT2D eigenvalue weighted by atomic mass is 9.99. The minimum Gasteiger partial charge on any atom is -0.465 e. The van der Waals surface area contributed by atoms with E-state index >= 15 is 0 Å². The summed E-state index contributed by atoms with van der Waals surface area (Å²) in [5, 5.41) is 12.7. The van der Waals surface area contributed by atoms with Gasteiger partial charge in [0.05, 0.1) is 0 Å². The zero-order valence-electron chi connectivity index (χ0n) is 12.0. The summed E-state index contributed by atoms with van der Waals surface area (Å²) in [7, 11) is 0. The quantitative estimate of drug-likeness (QED) is 0.841. The smallest absolute Gasteiger partial charge is 0.408 e. The molecule has 0 bridgehead atoms. The van der Waals surface area contributed by atoms with Crippen LogP contribution in [0.4, 0.5) is 4.79 Å². The highest BCUT2D eigenvalue weighted by atomic mass is 35.5. The number of hydrogen-bond donors (Lipinski definition) is 1. The lowest BCUT2D eigenvalue weighted by Crippen LogP contribution is -2.47. The van der Waals surface area contributed by atoms with E-state index in [0.29, 0.717) is 16.9 Å². The second-order valence-corrected chi connectivity index (χ2v) is 7.08. The first kappa shape index (κ1) is 15.8. The fourth-order valence-corrected chi connectivity index (χ4v) is 3.49. The van der Waals surface area contributed by atoms with Crippen LogP contribution in [0.1, 0.15) is 32.4 Å². The third-order valence-corrected chi connectivity index (χ3v) is 4.44. The molecule has 1 unspecified atom stereocenters. The predicted octanol–water partition coefficient (Wildman–Crippen LogP) is 4.57. The zero-order chi connectivity index (χ0) is 15.8. The van der Waals surface area contributed by atoms with Crippen molar-refractivity contribution in [3.8, 4) is 0 Å². The van der Waals surface area contributed by atoms with E-state index in [0.717, 1.165) is 10.1 Å². The number of rotatable bonds is 3. The van der Waals surface area contributed by atoms with Crippen LogP contribution in [-0.2, 0) is 4.79 Å². The van der Waals surface area contributed by atoms with Crippen LogP contribution in [0.15, 0.2) is 23.6 Å². The van der Waals surface area contributed by atoms with Gasteiger partial charge in [0.15, 0.2) is 0 Å². The topological polar surface area (TPSA) is 57.6 Å². The van der Waals surface area contributed by atoms with Crippen LogP contribution in [0.25, 0.3) is 10.1 Å². The molecule has 112 valence electrons. The number of hydrogen-bond acceptors (Lipinski definition) is 3. The molecule has 2 aromatic rings. The number of amides is 1. The minimum atomic E-state index is -1.12. The molecule has 1 aromatic carbocycles. The van der Waals surface area contributed by atoms with Crippen molar-refractivity contribution in [3.63, 3.8) is 0 Å². The molecule has 0 aliphatic heterocycles. The number of nitrogens with zero attached hydrogens (tertiary/aromatic N) is 1. The average molecular weight is 326 g/mol. The number of benzene rings is 1. The molecule has 0 aliphatic carbocycles. The molecule has 1 atom stereocenters. The Morgan fingerprint density at radius 3 is 2.62 bits per heavy atom. The van der Waals surface area contributed by atoms with Gasteiger partial charge >= 0.3 is 6.09 Å². The Morgan fingerprint density at radius 1 is 1.43 bits per heavy atom. The number of halogens is 1. The summed E-state index contributed by atoms with van der Waals surface area (Å²) in [5.41, 5.74) is -0.0191. The van der Waals surface area contributed by atoms with Crippen LogP contribution in [0.2, 0.25) is 5.02 Å². The van der Waals surface area contributed by atoms with Crippen molar-refractivity contribution in [2.45, 2.75) is 32.4 Å². The van der Waals surface area contributed by atoms with Crippen LogP contribution in [0.5, 0.6) is 0 Å². The number of carbonyl (C=O) groups is 2. The molecule has 0 aliphatic rings. The third-order valence-electron chi connectivity index (χ3n) is 3.22. The fourth-order valence-electron chi connectivity index (χ4n) is 2.35. The Balaban J connectivity index is 2.60. The molecule has 1 heterocycles. The second kappa shape index (κ2) is 5.66. The molecule has 0 saturated carbocycles. The van der Waals surface area contributed by atoms with Gasteiger partial charge in [-0.2, -0.15) is 0 Å². The normalized spacial score (nSPS) is 13.1. The van der Waals surface area contributed by atoms with Gasteiger partial charge in [-0.15, -0.1) is 11.3 Å². The first-order valence-electron chi connectivity index (χ1n) is 6.40. The molecule has 0 radical (unpaired) electrons. The van der Waals surface area contributed by atoms with E-state index in [1.54, 1.807) is 32.9 Å². The summed E-state index contributed by atoms with van der Waals surface area (Å²) < 4.78 is 0.973. The van der Waals surface area contributed by atoms with Crippen molar-refractivity contribution >= 4 is 45.4 Å². The van der Waals surface area contributed by atoms with Gasteiger partial charge in [0.1, 0.15) is 12.3 Å². The highest BCUT2D eigenvalue weighted by molar-refractivity contribution is 7.17. The number of thiophene rings is 1. The van der Waals surface area contributed by atoms with Crippen molar-refractivity contribution in [2.75, 3.05) is 0 Å². The van der Waals surface area contributed by atoms with Crippen molar-refractivity contribution in [1.82, 2.24) is 4.90 Å². The largest absolute Gasteiger partial charge is 0.465 e. The van der Waals surface area contributed by atoms with Gasteiger partial charge in [-0.25, -0.2) is 4.79 Å². The van der Waals surface area contributed by atoms with Crippen LogP contribution < -0.4 is 0 Å². The van der Waals surface area contributed by atoms with E-state index in [2.05, 4.69) is 0 Å². The third kappa shape index (κ3) is 3.04. The lowest BCUT2D eigenvalue weighted by Gasteiger charge is -2.37. The highest BCUT2D eigenvalue weighted by Gasteiger charge is 2.35. The Morgan fingerprint density at radius 2 is 2.10 bits per heavy atom. The molecular formula is C15H16ClNO3S. The van der Waals surface area contributed by atoms with Gasteiger partial charge in [-0.05, 0) is 49.7 Å². The van der Waals surface area contributed by atoms with Crippen molar-refractivity contribution in [3.05, 3.63) is 34.2 Å². The summed E-state index contributed by atoms with van der Waals surface area (Å²) in [6.07, 6.45) is -0.456. The van der Waals surface area contributed by atoms with E-state index < -0.39 is 17.7 Å². The Kier molecular flexibility index (Phi) is 4.25. The summed E-state index contributed by atoms with van der Waals surface area (Å²) in [4.78, 5) is 24.3. The molecule has 0 spiro atoms. The molecular weight excluding hydrogens is 310 g/mol. The minimum absolute atomic E-state index is 0.560. The molecule has 2 rings (SSSR count). The molecule has 0 fully saturated rings. The Bertz CT molecular complexity index is 690. The Labute approximate surface area is 131 Å². The van der Waals surface area contributed by atoms with Crippen LogP contribution >= 0.6 is 22.9 Å². The lowest BCUT2D eigenvalue weighted by molar-refractivity contribution is -0.113. The molecule has 6 heteroatoms. The maximum atomic E-state index is 11.6. The number of carbonyl (C=O) groups excluding carboxylic acids is 1. The maximum Gasteiger partial charge on any atom is 0.408 e. The predicted molar refractivity (Wildman–Crippen MR) is 85.3 cm³/mol. The fraction of sp³-hybridized carbons (Fsp3) is 0.333. The first-order chi connectivity index (χ1) is 9.75. The van der Waals surface area contributed by atoms with Crippen LogP contribution in [-0.4, -0.2) is 27.9 Å². The number of fused-ring (bicyclic) bond motifs is 1. The first-order valence-corrected chi connectivity index (χ1v) is 7.65.